The molecule has 1 N–H and O–H groups in total. The van der Waals surface area contributed by atoms with Crippen molar-refractivity contribution in [1.82, 2.24) is 5.32 Å². The second kappa shape index (κ2) is 4.37. The second-order valence-electron chi connectivity index (χ2n) is 5.43. The van der Waals surface area contributed by atoms with Crippen molar-refractivity contribution < 1.29 is 8.78 Å². The first-order valence-corrected chi connectivity index (χ1v) is 6.40. The third kappa shape index (κ3) is 2.34. The fraction of sp³-hybridized carbons (Fsp3) is 0.571. The third-order valence-electron chi connectivity index (χ3n) is 4.08. The molecule has 1 aromatic rings. The van der Waals surface area contributed by atoms with E-state index in [9.17, 15) is 8.78 Å². The summed E-state index contributed by atoms with van der Waals surface area (Å²) in [5.41, 5.74) is 0.926. The number of hydrogen-bond donors (Lipinski definition) is 1. The second-order valence-corrected chi connectivity index (χ2v) is 5.43. The third-order valence-corrected chi connectivity index (χ3v) is 4.08. The standard InChI is InChI=1S/C14H17F2N/c15-13-4-1-9(8-14(13)16)5-10-6-11-2-3-12(7-10)17-11/h1,4,8,10-12,17H,2-3,5-7H2. The van der Waals surface area contributed by atoms with E-state index in [1.165, 1.54) is 37.8 Å². The molecule has 2 fully saturated rings. The summed E-state index contributed by atoms with van der Waals surface area (Å²) in [5, 5.41) is 3.59. The molecule has 1 nitrogen and oxygen atoms in total. The van der Waals surface area contributed by atoms with Crippen molar-refractivity contribution in [2.24, 2.45) is 5.92 Å². The smallest absolute Gasteiger partial charge is 0.159 e. The van der Waals surface area contributed by atoms with Crippen LogP contribution in [0, 0.1) is 17.6 Å². The average molecular weight is 237 g/mol. The van der Waals surface area contributed by atoms with E-state index >= 15 is 0 Å². The Balaban J connectivity index is 1.68. The number of halogens is 2. The molecule has 2 aliphatic rings. The number of nitrogens with one attached hydrogen (secondary N) is 1. The molecule has 3 heteroatoms. The highest BCUT2D eigenvalue weighted by Crippen LogP contribution is 2.32. The Morgan fingerprint density at radius 2 is 1.76 bits per heavy atom. The summed E-state index contributed by atoms with van der Waals surface area (Å²) in [4.78, 5) is 0. The van der Waals surface area contributed by atoms with Gasteiger partial charge in [0, 0.05) is 12.1 Å². The van der Waals surface area contributed by atoms with Crippen LogP contribution in [0.1, 0.15) is 31.2 Å². The molecule has 17 heavy (non-hydrogen) atoms. The van der Waals surface area contributed by atoms with Gasteiger partial charge in [0.1, 0.15) is 0 Å². The normalized spacial score (nSPS) is 31.8. The molecule has 0 aromatic heterocycles. The largest absolute Gasteiger partial charge is 0.311 e. The fourth-order valence-electron chi connectivity index (χ4n) is 3.34. The summed E-state index contributed by atoms with van der Waals surface area (Å²) >= 11 is 0. The Kier molecular flexibility index (Phi) is 2.87. The summed E-state index contributed by atoms with van der Waals surface area (Å²) in [6.45, 7) is 0. The lowest BCUT2D eigenvalue weighted by Crippen LogP contribution is -2.38. The van der Waals surface area contributed by atoms with E-state index in [0.29, 0.717) is 18.0 Å². The number of fused-ring (bicyclic) bond motifs is 2. The van der Waals surface area contributed by atoms with Gasteiger partial charge in [-0.25, -0.2) is 8.78 Å². The molecule has 1 aromatic carbocycles. The minimum absolute atomic E-state index is 0.624. The van der Waals surface area contributed by atoms with Crippen LogP contribution >= 0.6 is 0 Å². The molecule has 0 radical (unpaired) electrons. The van der Waals surface area contributed by atoms with Crippen molar-refractivity contribution in [2.75, 3.05) is 0 Å². The Bertz CT molecular complexity index is 407. The lowest BCUT2D eigenvalue weighted by atomic mass is 9.87. The van der Waals surface area contributed by atoms with E-state index in [1.807, 2.05) is 0 Å². The van der Waals surface area contributed by atoms with Crippen molar-refractivity contribution in [1.29, 1.82) is 0 Å². The predicted molar refractivity (Wildman–Crippen MR) is 62.7 cm³/mol. The molecule has 2 saturated heterocycles. The minimum atomic E-state index is -0.751. The van der Waals surface area contributed by atoms with Gasteiger partial charge in [-0.05, 0) is 55.7 Å². The molecule has 0 amide bonds. The molecule has 0 aliphatic carbocycles. The summed E-state index contributed by atoms with van der Waals surface area (Å²) in [5.74, 6) is -0.850. The molecule has 2 aliphatic heterocycles. The quantitative estimate of drug-likeness (QED) is 0.833. The van der Waals surface area contributed by atoms with E-state index in [1.54, 1.807) is 6.07 Å². The zero-order chi connectivity index (χ0) is 11.8. The summed E-state index contributed by atoms with van der Waals surface area (Å²) in [6.07, 6.45) is 5.79. The molecule has 2 atom stereocenters. The van der Waals surface area contributed by atoms with Gasteiger partial charge in [0.25, 0.3) is 0 Å². The van der Waals surface area contributed by atoms with Gasteiger partial charge in [-0.2, -0.15) is 0 Å². The lowest BCUT2D eigenvalue weighted by molar-refractivity contribution is 0.298. The number of rotatable bonds is 2. The number of piperidine rings is 1. The van der Waals surface area contributed by atoms with Gasteiger partial charge in [-0.1, -0.05) is 6.07 Å². The summed E-state index contributed by atoms with van der Waals surface area (Å²) < 4.78 is 25.9. The van der Waals surface area contributed by atoms with Crippen LogP contribution < -0.4 is 5.32 Å². The maximum Gasteiger partial charge on any atom is 0.159 e. The van der Waals surface area contributed by atoms with Crippen molar-refractivity contribution in [2.45, 2.75) is 44.2 Å². The van der Waals surface area contributed by atoms with Crippen LogP contribution in [0.15, 0.2) is 18.2 Å². The summed E-state index contributed by atoms with van der Waals surface area (Å²) in [7, 11) is 0. The molecule has 2 heterocycles. The summed E-state index contributed by atoms with van der Waals surface area (Å²) in [6, 6.07) is 5.61. The van der Waals surface area contributed by atoms with Crippen LogP contribution in [0.4, 0.5) is 8.78 Å². The molecule has 0 spiro atoms. The average Bonchev–Trinajstić information content (AvgIpc) is 2.64. The Labute approximate surface area is 100 Å². The number of hydrogen-bond acceptors (Lipinski definition) is 1. The zero-order valence-electron chi connectivity index (χ0n) is 9.76. The van der Waals surface area contributed by atoms with Crippen LogP contribution in [0.25, 0.3) is 0 Å². The Hall–Kier alpha value is -0.960. The highest BCUT2D eigenvalue weighted by atomic mass is 19.2. The van der Waals surface area contributed by atoms with Crippen molar-refractivity contribution in [3.05, 3.63) is 35.4 Å². The van der Waals surface area contributed by atoms with E-state index in [4.69, 9.17) is 0 Å². The van der Waals surface area contributed by atoms with Crippen LogP contribution in [-0.4, -0.2) is 12.1 Å². The highest BCUT2D eigenvalue weighted by molar-refractivity contribution is 5.18. The van der Waals surface area contributed by atoms with Crippen LogP contribution in [0.2, 0.25) is 0 Å². The first-order valence-electron chi connectivity index (χ1n) is 6.40. The maximum absolute atomic E-state index is 13.1. The molecule has 0 saturated carbocycles. The van der Waals surface area contributed by atoms with Crippen molar-refractivity contribution >= 4 is 0 Å². The van der Waals surface area contributed by atoms with Crippen LogP contribution in [0.5, 0.6) is 0 Å². The molecule has 2 unspecified atom stereocenters. The van der Waals surface area contributed by atoms with Crippen molar-refractivity contribution in [3.63, 3.8) is 0 Å². The zero-order valence-corrected chi connectivity index (χ0v) is 9.76. The fourth-order valence-corrected chi connectivity index (χ4v) is 3.34. The molecule has 2 bridgehead atoms. The SMILES string of the molecule is Fc1ccc(CC2CC3CCC(C2)N3)cc1F. The number of benzene rings is 1. The first kappa shape index (κ1) is 11.1. The van der Waals surface area contributed by atoms with E-state index in [2.05, 4.69) is 5.32 Å². The minimum Gasteiger partial charge on any atom is -0.311 e. The maximum atomic E-state index is 13.1. The van der Waals surface area contributed by atoms with Crippen molar-refractivity contribution in [3.8, 4) is 0 Å². The Morgan fingerprint density at radius 3 is 2.41 bits per heavy atom. The van der Waals surface area contributed by atoms with Crippen LogP contribution in [0.3, 0.4) is 0 Å². The van der Waals surface area contributed by atoms with Gasteiger partial charge in [-0.3, -0.25) is 0 Å². The predicted octanol–water partition coefficient (Wildman–Crippen LogP) is 3.04. The van der Waals surface area contributed by atoms with E-state index in [0.717, 1.165) is 12.0 Å². The molecular weight excluding hydrogens is 220 g/mol. The molecular formula is C14H17F2N. The van der Waals surface area contributed by atoms with Gasteiger partial charge in [-0.15, -0.1) is 0 Å². The van der Waals surface area contributed by atoms with Gasteiger partial charge in [0.05, 0.1) is 0 Å². The van der Waals surface area contributed by atoms with E-state index < -0.39 is 11.6 Å². The lowest BCUT2D eigenvalue weighted by Gasteiger charge is -2.29. The van der Waals surface area contributed by atoms with Gasteiger partial charge in [0.2, 0.25) is 0 Å². The van der Waals surface area contributed by atoms with Gasteiger partial charge < -0.3 is 5.32 Å². The Morgan fingerprint density at radius 1 is 1.06 bits per heavy atom. The topological polar surface area (TPSA) is 12.0 Å². The molecule has 3 rings (SSSR count). The molecule has 92 valence electrons. The monoisotopic (exact) mass is 237 g/mol. The first-order chi connectivity index (χ1) is 8.20. The van der Waals surface area contributed by atoms with Crippen LogP contribution in [-0.2, 0) is 6.42 Å². The van der Waals surface area contributed by atoms with Gasteiger partial charge in [0.15, 0.2) is 11.6 Å². The highest BCUT2D eigenvalue weighted by Gasteiger charge is 2.33. The van der Waals surface area contributed by atoms with E-state index in [-0.39, 0.29) is 0 Å². The van der Waals surface area contributed by atoms with Gasteiger partial charge >= 0.3 is 0 Å².